The molecule has 8 heavy (non-hydrogen) atoms. The molecule has 2 nitrogen and oxygen atoms in total. The van der Waals surface area contributed by atoms with Crippen LogP contribution < -0.4 is 10.9 Å². The van der Waals surface area contributed by atoms with Crippen LogP contribution in [-0.4, -0.2) is 12.6 Å². The molecule has 48 valence electrons. The summed E-state index contributed by atoms with van der Waals surface area (Å²) in [6.07, 6.45) is 3.90. The molecule has 0 aromatic heterocycles. The maximum absolute atomic E-state index is 3.21. The quantitative estimate of drug-likeness (QED) is 0.551. The van der Waals surface area contributed by atoms with Gasteiger partial charge in [-0.25, -0.2) is 0 Å². The summed E-state index contributed by atoms with van der Waals surface area (Å²) >= 11 is 0. The monoisotopic (exact) mass is 114 g/mol. The van der Waals surface area contributed by atoms with Gasteiger partial charge < -0.3 is 0 Å². The Morgan fingerprint density at radius 1 is 1.62 bits per heavy atom. The van der Waals surface area contributed by atoms with Crippen LogP contribution in [0.4, 0.5) is 0 Å². The van der Waals surface area contributed by atoms with Gasteiger partial charge >= 0.3 is 0 Å². The zero-order valence-electron chi connectivity index (χ0n) is 5.41. The second-order valence-corrected chi connectivity index (χ2v) is 2.35. The smallest absolute Gasteiger partial charge is 0.0225 e. The van der Waals surface area contributed by atoms with Gasteiger partial charge in [-0.05, 0) is 12.8 Å². The molecule has 1 rings (SSSR count). The van der Waals surface area contributed by atoms with Crippen molar-refractivity contribution in [2.24, 2.45) is 0 Å². The van der Waals surface area contributed by atoms with Crippen LogP contribution in [0.15, 0.2) is 0 Å². The van der Waals surface area contributed by atoms with E-state index in [-0.39, 0.29) is 0 Å². The molecule has 1 heterocycles. The first kappa shape index (κ1) is 6.05. The van der Waals surface area contributed by atoms with Crippen LogP contribution in [0.2, 0.25) is 0 Å². The fourth-order valence-corrected chi connectivity index (χ4v) is 1.10. The van der Waals surface area contributed by atoms with Gasteiger partial charge in [-0.2, -0.15) is 0 Å². The Morgan fingerprint density at radius 2 is 2.50 bits per heavy atom. The van der Waals surface area contributed by atoms with Crippen molar-refractivity contribution in [1.29, 1.82) is 0 Å². The molecule has 0 aliphatic carbocycles. The highest BCUT2D eigenvalue weighted by molar-refractivity contribution is 4.69. The van der Waals surface area contributed by atoms with Gasteiger partial charge in [0.2, 0.25) is 0 Å². The Morgan fingerprint density at radius 3 is 3.00 bits per heavy atom. The summed E-state index contributed by atoms with van der Waals surface area (Å²) < 4.78 is 0. The summed E-state index contributed by atoms with van der Waals surface area (Å²) in [7, 11) is 0. The first-order chi connectivity index (χ1) is 3.93. The lowest BCUT2D eigenvalue weighted by atomic mass is 10.1. The Kier molecular flexibility index (Phi) is 2.30. The van der Waals surface area contributed by atoms with Gasteiger partial charge in [0, 0.05) is 12.6 Å². The van der Waals surface area contributed by atoms with E-state index in [1.54, 1.807) is 0 Å². The number of hydrogen-bond donors (Lipinski definition) is 2. The zero-order valence-corrected chi connectivity index (χ0v) is 5.41. The van der Waals surface area contributed by atoms with E-state index >= 15 is 0 Å². The maximum Gasteiger partial charge on any atom is 0.0225 e. The van der Waals surface area contributed by atoms with Crippen molar-refractivity contribution in [2.75, 3.05) is 6.54 Å². The molecule has 1 saturated heterocycles. The van der Waals surface area contributed by atoms with Crippen molar-refractivity contribution in [3.05, 3.63) is 0 Å². The van der Waals surface area contributed by atoms with Gasteiger partial charge in [-0.3, -0.25) is 10.9 Å². The summed E-state index contributed by atoms with van der Waals surface area (Å²) in [4.78, 5) is 0. The molecule has 1 aliphatic heterocycles. The lowest BCUT2D eigenvalue weighted by Gasteiger charge is -2.04. The molecule has 1 unspecified atom stereocenters. The van der Waals surface area contributed by atoms with Gasteiger partial charge in [0.25, 0.3) is 0 Å². The standard InChI is InChI=1S/C6H14N2/c1-2-3-6-4-5-7-8-6/h6-8H,2-5H2,1H3. The second kappa shape index (κ2) is 3.05. The molecular weight excluding hydrogens is 100 g/mol. The molecule has 1 aliphatic rings. The van der Waals surface area contributed by atoms with E-state index in [1.165, 1.54) is 19.3 Å². The number of hydrogen-bond acceptors (Lipinski definition) is 2. The molecule has 0 saturated carbocycles. The highest BCUT2D eigenvalue weighted by atomic mass is 15.4. The number of hydrazine groups is 1. The molecule has 0 bridgehead atoms. The maximum atomic E-state index is 3.21. The van der Waals surface area contributed by atoms with Crippen LogP contribution in [-0.2, 0) is 0 Å². The van der Waals surface area contributed by atoms with Crippen LogP contribution in [0.5, 0.6) is 0 Å². The van der Waals surface area contributed by atoms with Crippen LogP contribution >= 0.6 is 0 Å². The lowest BCUT2D eigenvalue weighted by molar-refractivity contribution is 0.515. The molecular formula is C6H14N2. The summed E-state index contributed by atoms with van der Waals surface area (Å²) in [5.74, 6) is 0. The molecule has 0 spiro atoms. The van der Waals surface area contributed by atoms with E-state index in [0.717, 1.165) is 12.6 Å². The summed E-state index contributed by atoms with van der Waals surface area (Å²) in [5, 5.41) is 0. The van der Waals surface area contributed by atoms with Crippen molar-refractivity contribution in [1.82, 2.24) is 10.9 Å². The molecule has 1 atom stereocenters. The number of nitrogens with one attached hydrogen (secondary N) is 2. The minimum atomic E-state index is 0.750. The van der Waals surface area contributed by atoms with Crippen molar-refractivity contribution in [2.45, 2.75) is 32.2 Å². The molecule has 1 fully saturated rings. The van der Waals surface area contributed by atoms with E-state index in [1.807, 2.05) is 0 Å². The molecule has 0 amide bonds. The highest BCUT2D eigenvalue weighted by Crippen LogP contribution is 2.02. The van der Waals surface area contributed by atoms with Gasteiger partial charge in [-0.1, -0.05) is 13.3 Å². The average Bonchev–Trinajstić information content (AvgIpc) is 2.19. The van der Waals surface area contributed by atoms with Crippen molar-refractivity contribution in [3.63, 3.8) is 0 Å². The Labute approximate surface area is 50.6 Å². The fraction of sp³-hybridized carbons (Fsp3) is 1.00. The first-order valence-corrected chi connectivity index (χ1v) is 3.42. The van der Waals surface area contributed by atoms with Gasteiger partial charge in [0.15, 0.2) is 0 Å². The minimum absolute atomic E-state index is 0.750. The van der Waals surface area contributed by atoms with E-state index in [0.29, 0.717) is 0 Å². The van der Waals surface area contributed by atoms with Gasteiger partial charge in [0.1, 0.15) is 0 Å². The van der Waals surface area contributed by atoms with Crippen LogP contribution in [0, 0.1) is 0 Å². The summed E-state index contributed by atoms with van der Waals surface area (Å²) in [5.41, 5.74) is 6.31. The Hall–Kier alpha value is -0.0800. The summed E-state index contributed by atoms with van der Waals surface area (Å²) in [6.45, 7) is 3.37. The normalized spacial score (nSPS) is 28.9. The Bertz CT molecular complexity index is 57.5. The molecule has 2 N–H and O–H groups in total. The summed E-state index contributed by atoms with van der Waals surface area (Å²) in [6, 6.07) is 0.750. The van der Waals surface area contributed by atoms with Crippen LogP contribution in [0.1, 0.15) is 26.2 Å². The average molecular weight is 114 g/mol. The SMILES string of the molecule is CCCC1CCNN1. The topological polar surface area (TPSA) is 24.1 Å². The number of rotatable bonds is 2. The van der Waals surface area contributed by atoms with E-state index < -0.39 is 0 Å². The molecule has 0 aromatic carbocycles. The van der Waals surface area contributed by atoms with Crippen molar-refractivity contribution < 1.29 is 0 Å². The predicted octanol–water partition coefficient (Wildman–Crippen LogP) is 0.653. The van der Waals surface area contributed by atoms with Crippen LogP contribution in [0.25, 0.3) is 0 Å². The van der Waals surface area contributed by atoms with Crippen molar-refractivity contribution >= 4 is 0 Å². The third kappa shape index (κ3) is 1.46. The van der Waals surface area contributed by atoms with E-state index in [9.17, 15) is 0 Å². The highest BCUT2D eigenvalue weighted by Gasteiger charge is 2.10. The zero-order chi connectivity index (χ0) is 5.82. The van der Waals surface area contributed by atoms with Crippen LogP contribution in [0.3, 0.4) is 0 Å². The third-order valence-corrected chi connectivity index (χ3v) is 1.56. The lowest BCUT2D eigenvalue weighted by Crippen LogP contribution is -2.29. The minimum Gasteiger partial charge on any atom is -0.258 e. The van der Waals surface area contributed by atoms with E-state index in [2.05, 4.69) is 17.8 Å². The van der Waals surface area contributed by atoms with Gasteiger partial charge in [0.05, 0.1) is 0 Å². The molecule has 0 aromatic rings. The third-order valence-electron chi connectivity index (χ3n) is 1.56. The van der Waals surface area contributed by atoms with Gasteiger partial charge in [-0.15, -0.1) is 0 Å². The Balaban J connectivity index is 2.06. The molecule has 2 heteroatoms. The second-order valence-electron chi connectivity index (χ2n) is 2.35. The van der Waals surface area contributed by atoms with Crippen molar-refractivity contribution in [3.8, 4) is 0 Å². The van der Waals surface area contributed by atoms with E-state index in [4.69, 9.17) is 0 Å². The largest absolute Gasteiger partial charge is 0.258 e. The fourth-order valence-electron chi connectivity index (χ4n) is 1.10. The predicted molar refractivity (Wildman–Crippen MR) is 34.5 cm³/mol. The molecule has 0 radical (unpaired) electrons. The first-order valence-electron chi connectivity index (χ1n) is 3.42.